The second kappa shape index (κ2) is 11.3. The van der Waals surface area contributed by atoms with Gasteiger partial charge in [-0.3, -0.25) is 0 Å². The molecule has 0 saturated heterocycles. The largest absolute Gasteiger partial charge is 0.491 e. The summed E-state index contributed by atoms with van der Waals surface area (Å²) in [5.74, 6) is 0.852. The molecular formula is C28H44NO3+. The van der Waals surface area contributed by atoms with Gasteiger partial charge >= 0.3 is 0 Å². The molecule has 0 unspecified atom stereocenters. The lowest BCUT2D eigenvalue weighted by molar-refractivity contribution is -0.906. The predicted octanol–water partition coefficient (Wildman–Crippen LogP) is 5.43. The van der Waals surface area contributed by atoms with E-state index in [0.29, 0.717) is 30.8 Å². The quantitative estimate of drug-likeness (QED) is 0.352. The summed E-state index contributed by atoms with van der Waals surface area (Å²) >= 11 is 0. The Hall–Kier alpha value is -1.88. The number of aliphatic hydroxyl groups excluding tert-OH is 1. The minimum absolute atomic E-state index is 0.128. The second-order valence-corrected chi connectivity index (χ2v) is 11.5. The Morgan fingerprint density at radius 2 is 1.50 bits per heavy atom. The molecule has 0 fully saturated rings. The van der Waals surface area contributed by atoms with Crippen molar-refractivity contribution in [2.24, 2.45) is 5.41 Å². The van der Waals surface area contributed by atoms with Gasteiger partial charge in [-0.15, -0.1) is 0 Å². The Labute approximate surface area is 195 Å². The molecule has 1 atom stereocenters. The van der Waals surface area contributed by atoms with Gasteiger partial charge in [-0.25, -0.2) is 0 Å². The Kier molecular flexibility index (Phi) is 9.32. The van der Waals surface area contributed by atoms with Gasteiger partial charge in [-0.05, 0) is 34.9 Å². The summed E-state index contributed by atoms with van der Waals surface area (Å²) in [5.41, 5.74) is 3.01. The summed E-state index contributed by atoms with van der Waals surface area (Å²) in [6, 6.07) is 18.8. The van der Waals surface area contributed by atoms with Crippen LogP contribution in [0.4, 0.5) is 0 Å². The first kappa shape index (κ1) is 26.4. The molecular weight excluding hydrogens is 398 g/mol. The van der Waals surface area contributed by atoms with Crippen molar-refractivity contribution in [3.63, 3.8) is 0 Å². The van der Waals surface area contributed by atoms with Crippen LogP contribution in [-0.2, 0) is 16.7 Å². The molecule has 0 aliphatic rings. The van der Waals surface area contributed by atoms with Crippen LogP contribution in [0.2, 0.25) is 0 Å². The van der Waals surface area contributed by atoms with Gasteiger partial charge < -0.3 is 19.1 Å². The fourth-order valence-corrected chi connectivity index (χ4v) is 4.63. The minimum atomic E-state index is -0.502. The molecule has 0 aliphatic carbocycles. The maximum Gasteiger partial charge on any atom is 0.126 e. The molecule has 0 aliphatic heterocycles. The topological polar surface area (TPSA) is 38.7 Å². The SMILES string of the molecule is CC(C)(C)CC(C)(C)c1ccc(OCCOC[C@@H](O)C[N+](C)(C)Cc2ccccc2)cc1. The lowest BCUT2D eigenvalue weighted by Crippen LogP contribution is -2.45. The van der Waals surface area contributed by atoms with E-state index in [-0.39, 0.29) is 10.8 Å². The molecule has 32 heavy (non-hydrogen) atoms. The zero-order valence-corrected chi connectivity index (χ0v) is 21.2. The number of aliphatic hydroxyl groups is 1. The lowest BCUT2D eigenvalue weighted by atomic mass is 9.72. The molecule has 2 aromatic rings. The van der Waals surface area contributed by atoms with Gasteiger partial charge in [0, 0.05) is 5.56 Å². The number of rotatable bonds is 12. The normalized spacial score (nSPS) is 13.8. The fourth-order valence-electron chi connectivity index (χ4n) is 4.63. The summed E-state index contributed by atoms with van der Waals surface area (Å²) in [6.07, 6.45) is 0.620. The predicted molar refractivity (Wildman–Crippen MR) is 133 cm³/mol. The van der Waals surface area contributed by atoms with Crippen LogP contribution in [0.15, 0.2) is 54.6 Å². The van der Waals surface area contributed by atoms with Crippen LogP contribution in [0.5, 0.6) is 5.75 Å². The van der Waals surface area contributed by atoms with Crippen LogP contribution in [0.1, 0.15) is 52.2 Å². The number of ether oxygens (including phenoxy) is 2. The van der Waals surface area contributed by atoms with E-state index in [1.54, 1.807) is 0 Å². The molecule has 0 aromatic heterocycles. The molecule has 2 aromatic carbocycles. The number of hydrogen-bond acceptors (Lipinski definition) is 3. The Morgan fingerprint density at radius 3 is 2.09 bits per heavy atom. The van der Waals surface area contributed by atoms with E-state index < -0.39 is 6.10 Å². The standard InChI is InChI=1S/C28H44NO3/c1-27(2,3)22-28(4,5)24-13-15-26(16-14-24)32-18-17-31-21-25(30)20-29(6,7)19-23-11-9-8-10-12-23/h8-16,25,30H,17-22H2,1-7H3/q+1/t25-/m0/s1. The van der Waals surface area contributed by atoms with Crippen LogP contribution < -0.4 is 4.74 Å². The van der Waals surface area contributed by atoms with E-state index in [9.17, 15) is 5.11 Å². The van der Waals surface area contributed by atoms with Crippen molar-refractivity contribution in [3.8, 4) is 5.75 Å². The highest BCUT2D eigenvalue weighted by molar-refractivity contribution is 5.31. The molecule has 178 valence electrons. The van der Waals surface area contributed by atoms with Crippen molar-refractivity contribution in [2.45, 2.75) is 59.1 Å². The van der Waals surface area contributed by atoms with Gasteiger partial charge in [0.15, 0.2) is 0 Å². The maximum absolute atomic E-state index is 10.4. The van der Waals surface area contributed by atoms with Crippen molar-refractivity contribution in [1.29, 1.82) is 0 Å². The second-order valence-electron chi connectivity index (χ2n) is 11.5. The molecule has 0 bridgehead atoms. The van der Waals surface area contributed by atoms with E-state index in [4.69, 9.17) is 9.47 Å². The van der Waals surface area contributed by atoms with Crippen molar-refractivity contribution in [2.75, 3.05) is 40.5 Å². The van der Waals surface area contributed by atoms with Gasteiger partial charge in [-0.2, -0.15) is 0 Å². The molecule has 0 amide bonds. The first-order valence-electron chi connectivity index (χ1n) is 11.7. The summed E-state index contributed by atoms with van der Waals surface area (Å²) in [6.45, 7) is 14.2. The first-order valence-corrected chi connectivity index (χ1v) is 11.7. The number of quaternary nitrogens is 1. The highest BCUT2D eigenvalue weighted by Crippen LogP contribution is 2.36. The van der Waals surface area contributed by atoms with Crippen molar-refractivity contribution < 1.29 is 19.1 Å². The highest BCUT2D eigenvalue weighted by atomic mass is 16.5. The Balaban J connectivity index is 1.69. The monoisotopic (exact) mass is 442 g/mol. The Morgan fingerprint density at radius 1 is 0.875 bits per heavy atom. The number of nitrogens with zero attached hydrogens (tertiary/aromatic N) is 1. The molecule has 1 N–H and O–H groups in total. The van der Waals surface area contributed by atoms with E-state index in [1.807, 2.05) is 18.2 Å². The van der Waals surface area contributed by atoms with Crippen LogP contribution in [0.25, 0.3) is 0 Å². The van der Waals surface area contributed by atoms with Crippen LogP contribution >= 0.6 is 0 Å². The molecule has 0 heterocycles. The maximum atomic E-state index is 10.4. The molecule has 0 spiro atoms. The van der Waals surface area contributed by atoms with E-state index >= 15 is 0 Å². The Bertz CT molecular complexity index is 792. The number of hydrogen-bond donors (Lipinski definition) is 1. The summed E-state index contributed by atoms with van der Waals surface area (Å²) < 4.78 is 12.2. The van der Waals surface area contributed by atoms with E-state index in [0.717, 1.165) is 18.7 Å². The number of benzene rings is 2. The smallest absolute Gasteiger partial charge is 0.126 e. The highest BCUT2D eigenvalue weighted by Gasteiger charge is 2.27. The van der Waals surface area contributed by atoms with Crippen LogP contribution in [-0.4, -0.2) is 56.2 Å². The summed E-state index contributed by atoms with van der Waals surface area (Å²) in [5, 5.41) is 10.4. The number of likely N-dealkylation sites (N-methyl/N-ethyl adjacent to an activating group) is 1. The summed E-state index contributed by atoms with van der Waals surface area (Å²) in [7, 11) is 4.26. The average molecular weight is 443 g/mol. The third-order valence-corrected chi connectivity index (χ3v) is 5.57. The van der Waals surface area contributed by atoms with E-state index in [2.05, 4.69) is 85.1 Å². The van der Waals surface area contributed by atoms with Gasteiger partial charge in [0.2, 0.25) is 0 Å². The minimum Gasteiger partial charge on any atom is -0.491 e. The van der Waals surface area contributed by atoms with Gasteiger partial charge in [-0.1, -0.05) is 77.1 Å². The average Bonchev–Trinajstić information content (AvgIpc) is 2.66. The van der Waals surface area contributed by atoms with E-state index in [1.165, 1.54) is 11.1 Å². The van der Waals surface area contributed by atoms with Gasteiger partial charge in [0.05, 0.1) is 27.3 Å². The lowest BCUT2D eigenvalue weighted by Gasteiger charge is -2.33. The van der Waals surface area contributed by atoms with Crippen molar-refractivity contribution in [3.05, 3.63) is 65.7 Å². The van der Waals surface area contributed by atoms with Gasteiger partial charge in [0.25, 0.3) is 0 Å². The third kappa shape index (κ3) is 9.72. The fraction of sp³-hybridized carbons (Fsp3) is 0.571. The summed E-state index contributed by atoms with van der Waals surface area (Å²) in [4.78, 5) is 0. The van der Waals surface area contributed by atoms with Crippen LogP contribution in [0.3, 0.4) is 0 Å². The van der Waals surface area contributed by atoms with Crippen molar-refractivity contribution >= 4 is 0 Å². The zero-order chi connectivity index (χ0) is 23.8. The molecule has 4 nitrogen and oxygen atoms in total. The van der Waals surface area contributed by atoms with Gasteiger partial charge in [0.1, 0.15) is 31.5 Å². The molecule has 0 saturated carbocycles. The molecule has 0 radical (unpaired) electrons. The van der Waals surface area contributed by atoms with Crippen molar-refractivity contribution in [1.82, 2.24) is 0 Å². The van der Waals surface area contributed by atoms with Crippen LogP contribution in [0, 0.1) is 5.41 Å². The molecule has 4 heteroatoms. The third-order valence-electron chi connectivity index (χ3n) is 5.57. The first-order chi connectivity index (χ1) is 14.9. The molecule has 2 rings (SSSR count). The zero-order valence-electron chi connectivity index (χ0n) is 21.2.